The molecule has 2 heterocycles. The van der Waals surface area contributed by atoms with E-state index < -0.39 is 5.82 Å². The van der Waals surface area contributed by atoms with Crippen LogP contribution in [0.15, 0.2) is 18.2 Å². The lowest BCUT2D eigenvalue weighted by Crippen LogP contribution is -2.45. The number of halogens is 1. The molecule has 3 N–H and O–H groups in total. The molecule has 6 heteroatoms. The minimum Gasteiger partial charge on any atom is -0.397 e. The third-order valence-electron chi connectivity index (χ3n) is 3.99. The monoisotopic (exact) mass is 308 g/mol. The van der Waals surface area contributed by atoms with Crippen molar-refractivity contribution in [2.45, 2.75) is 25.3 Å². The zero-order valence-corrected chi connectivity index (χ0v) is 12.3. The number of nitrogen functional groups attached to an aromatic ring is 1. The van der Waals surface area contributed by atoms with Crippen molar-refractivity contribution in [1.29, 1.82) is 0 Å². The molecule has 0 spiro atoms. The molecule has 1 amide bonds. The number of anilines is 1. The molecule has 1 aromatic carbocycles. The van der Waals surface area contributed by atoms with Crippen LogP contribution in [0.3, 0.4) is 0 Å². The number of thiophene rings is 1. The Morgan fingerprint density at radius 3 is 3.00 bits per heavy atom. The number of nitrogens with zero attached hydrogens (tertiary/aromatic N) is 1. The normalized spacial score (nSPS) is 19.1. The Labute approximate surface area is 126 Å². The number of nitrogens with two attached hydrogens (primary N) is 1. The summed E-state index contributed by atoms with van der Waals surface area (Å²) in [7, 11) is 0. The van der Waals surface area contributed by atoms with E-state index >= 15 is 0 Å². The second kappa shape index (κ2) is 5.61. The van der Waals surface area contributed by atoms with Crippen molar-refractivity contribution >= 4 is 33.0 Å². The first-order chi connectivity index (χ1) is 10.1. The van der Waals surface area contributed by atoms with E-state index in [0.29, 0.717) is 21.5 Å². The van der Waals surface area contributed by atoms with E-state index in [1.54, 1.807) is 17.0 Å². The van der Waals surface area contributed by atoms with Crippen LogP contribution in [0.25, 0.3) is 10.1 Å². The summed E-state index contributed by atoms with van der Waals surface area (Å²) in [6.07, 6.45) is 2.72. The third-order valence-corrected chi connectivity index (χ3v) is 5.15. The number of benzene rings is 1. The predicted octanol–water partition coefficient (Wildman–Crippen LogP) is 2.61. The molecule has 0 aliphatic carbocycles. The van der Waals surface area contributed by atoms with E-state index in [4.69, 9.17) is 5.73 Å². The first-order valence-corrected chi connectivity index (χ1v) is 7.83. The van der Waals surface area contributed by atoms with E-state index in [2.05, 4.69) is 0 Å². The van der Waals surface area contributed by atoms with Crippen LogP contribution in [0.4, 0.5) is 10.1 Å². The lowest BCUT2D eigenvalue weighted by atomic mass is 10.0. The average molecular weight is 308 g/mol. The number of rotatable bonds is 2. The molecule has 1 aliphatic heterocycles. The van der Waals surface area contributed by atoms with Gasteiger partial charge in [-0.2, -0.15) is 0 Å². The molecule has 1 saturated heterocycles. The maximum absolute atomic E-state index is 13.9. The summed E-state index contributed by atoms with van der Waals surface area (Å²) in [6.45, 7) is 0.561. The fourth-order valence-corrected chi connectivity index (χ4v) is 3.97. The fraction of sp³-hybridized carbons (Fsp3) is 0.400. The number of carbonyl (C=O) groups excluding carboxylic acids is 1. The Morgan fingerprint density at radius 2 is 2.29 bits per heavy atom. The van der Waals surface area contributed by atoms with Crippen LogP contribution in [0.2, 0.25) is 0 Å². The summed E-state index contributed by atoms with van der Waals surface area (Å²) >= 11 is 1.21. The highest BCUT2D eigenvalue weighted by molar-refractivity contribution is 7.21. The first-order valence-electron chi connectivity index (χ1n) is 7.01. The van der Waals surface area contributed by atoms with Crippen LogP contribution in [0, 0.1) is 5.82 Å². The Bertz CT molecular complexity index is 686. The number of amides is 1. The molecule has 2 aromatic rings. The number of likely N-dealkylation sites (tertiary alicyclic amines) is 1. The minimum absolute atomic E-state index is 0.0507. The van der Waals surface area contributed by atoms with Gasteiger partial charge in [0.15, 0.2) is 0 Å². The average Bonchev–Trinajstić information content (AvgIpc) is 2.85. The minimum atomic E-state index is -0.405. The summed E-state index contributed by atoms with van der Waals surface area (Å²) < 4.78 is 14.5. The summed E-state index contributed by atoms with van der Waals surface area (Å²) in [5, 5.41) is 9.75. The molecular formula is C15H17FN2O2S. The van der Waals surface area contributed by atoms with Gasteiger partial charge in [0.1, 0.15) is 10.7 Å². The van der Waals surface area contributed by atoms with Crippen LogP contribution >= 0.6 is 11.3 Å². The Balaban J connectivity index is 2.01. The van der Waals surface area contributed by atoms with Gasteiger partial charge in [0.05, 0.1) is 23.7 Å². The zero-order valence-electron chi connectivity index (χ0n) is 11.5. The SMILES string of the molecule is Nc1c(C(=O)N2CCCCC2CO)sc2cccc(F)c12. The summed E-state index contributed by atoms with van der Waals surface area (Å²) in [5.41, 5.74) is 6.20. The molecule has 112 valence electrons. The van der Waals surface area contributed by atoms with Crippen molar-refractivity contribution in [3.05, 3.63) is 28.9 Å². The topological polar surface area (TPSA) is 66.6 Å². The van der Waals surface area contributed by atoms with Crippen molar-refractivity contribution in [2.24, 2.45) is 0 Å². The van der Waals surface area contributed by atoms with E-state index in [0.717, 1.165) is 19.3 Å². The molecule has 1 atom stereocenters. The highest BCUT2D eigenvalue weighted by atomic mass is 32.1. The van der Waals surface area contributed by atoms with E-state index in [9.17, 15) is 14.3 Å². The Kier molecular flexibility index (Phi) is 3.82. The van der Waals surface area contributed by atoms with Crippen molar-refractivity contribution in [3.8, 4) is 0 Å². The van der Waals surface area contributed by atoms with Crippen LogP contribution < -0.4 is 5.73 Å². The van der Waals surface area contributed by atoms with Crippen LogP contribution in [-0.2, 0) is 0 Å². The molecule has 21 heavy (non-hydrogen) atoms. The van der Waals surface area contributed by atoms with Gasteiger partial charge in [-0.05, 0) is 31.4 Å². The quantitative estimate of drug-likeness (QED) is 0.896. The largest absolute Gasteiger partial charge is 0.397 e. The number of hydrogen-bond donors (Lipinski definition) is 2. The molecule has 0 bridgehead atoms. The summed E-state index contributed by atoms with van der Waals surface area (Å²) in [4.78, 5) is 14.7. The first kappa shape index (κ1) is 14.3. The van der Waals surface area contributed by atoms with Crippen molar-refractivity contribution in [2.75, 3.05) is 18.9 Å². The van der Waals surface area contributed by atoms with Gasteiger partial charge >= 0.3 is 0 Å². The molecule has 1 fully saturated rings. The van der Waals surface area contributed by atoms with Gasteiger partial charge in [0.25, 0.3) is 5.91 Å². The van der Waals surface area contributed by atoms with Gasteiger partial charge in [-0.15, -0.1) is 11.3 Å². The maximum atomic E-state index is 13.9. The molecule has 1 unspecified atom stereocenters. The molecular weight excluding hydrogens is 291 g/mol. The fourth-order valence-electron chi connectivity index (χ4n) is 2.88. The van der Waals surface area contributed by atoms with Gasteiger partial charge in [0.2, 0.25) is 0 Å². The van der Waals surface area contributed by atoms with E-state index in [1.165, 1.54) is 17.4 Å². The molecule has 1 aliphatic rings. The lowest BCUT2D eigenvalue weighted by Gasteiger charge is -2.34. The predicted molar refractivity (Wildman–Crippen MR) is 82.0 cm³/mol. The van der Waals surface area contributed by atoms with Crippen molar-refractivity contribution < 1.29 is 14.3 Å². The van der Waals surface area contributed by atoms with Gasteiger partial charge < -0.3 is 15.7 Å². The van der Waals surface area contributed by atoms with Crippen molar-refractivity contribution in [1.82, 2.24) is 4.90 Å². The van der Waals surface area contributed by atoms with E-state index in [-0.39, 0.29) is 24.2 Å². The van der Waals surface area contributed by atoms with Gasteiger partial charge in [0, 0.05) is 11.2 Å². The number of piperidine rings is 1. The molecule has 1 aromatic heterocycles. The Morgan fingerprint density at radius 1 is 1.48 bits per heavy atom. The molecule has 4 nitrogen and oxygen atoms in total. The summed E-state index contributed by atoms with van der Waals surface area (Å²) in [5.74, 6) is -0.607. The molecule has 0 radical (unpaired) electrons. The number of fused-ring (bicyclic) bond motifs is 1. The number of aliphatic hydroxyl groups excluding tert-OH is 1. The lowest BCUT2D eigenvalue weighted by molar-refractivity contribution is 0.0509. The second-order valence-corrected chi connectivity index (χ2v) is 6.34. The smallest absolute Gasteiger partial charge is 0.266 e. The second-order valence-electron chi connectivity index (χ2n) is 5.29. The summed E-state index contributed by atoms with van der Waals surface area (Å²) in [6, 6.07) is 4.55. The Hall–Kier alpha value is -1.66. The van der Waals surface area contributed by atoms with Crippen molar-refractivity contribution in [3.63, 3.8) is 0 Å². The van der Waals surface area contributed by atoms with Gasteiger partial charge in [-0.25, -0.2) is 4.39 Å². The maximum Gasteiger partial charge on any atom is 0.266 e. The highest BCUT2D eigenvalue weighted by Gasteiger charge is 2.30. The third kappa shape index (κ3) is 2.38. The van der Waals surface area contributed by atoms with Gasteiger partial charge in [-0.1, -0.05) is 6.07 Å². The standard InChI is InChI=1S/C15H17FN2O2S/c16-10-5-3-6-11-12(10)13(17)14(21-11)15(20)18-7-2-1-4-9(18)8-19/h3,5-6,9,19H,1-2,4,7-8,17H2. The number of aliphatic hydroxyl groups is 1. The highest BCUT2D eigenvalue weighted by Crippen LogP contribution is 2.36. The van der Waals surface area contributed by atoms with Crippen LogP contribution in [-0.4, -0.2) is 35.1 Å². The van der Waals surface area contributed by atoms with Crippen LogP contribution in [0.1, 0.15) is 28.9 Å². The van der Waals surface area contributed by atoms with E-state index in [1.807, 2.05) is 0 Å². The number of carbonyl (C=O) groups is 1. The number of hydrogen-bond acceptors (Lipinski definition) is 4. The van der Waals surface area contributed by atoms with Gasteiger partial charge in [-0.3, -0.25) is 4.79 Å². The molecule has 0 saturated carbocycles. The zero-order chi connectivity index (χ0) is 15.0. The molecule has 3 rings (SSSR count). The van der Waals surface area contributed by atoms with Crippen LogP contribution in [0.5, 0.6) is 0 Å².